The van der Waals surface area contributed by atoms with Crippen molar-refractivity contribution in [1.29, 1.82) is 0 Å². The number of phenolic OH excluding ortho intramolecular Hbond substituents is 1. The predicted molar refractivity (Wildman–Crippen MR) is 87.1 cm³/mol. The molecule has 2 N–H and O–H groups in total. The Morgan fingerprint density at radius 3 is 2.70 bits per heavy atom. The van der Waals surface area contributed by atoms with Crippen LogP contribution in [0.3, 0.4) is 0 Å². The summed E-state index contributed by atoms with van der Waals surface area (Å²) in [7, 11) is 0. The van der Waals surface area contributed by atoms with Gasteiger partial charge in [-0.25, -0.2) is 5.43 Å². The molecule has 0 unspecified atom stereocenters. The Bertz CT molecular complexity index is 654. The maximum absolute atomic E-state index is 11.8. The van der Waals surface area contributed by atoms with Crippen LogP contribution in [0.25, 0.3) is 0 Å². The SMILES string of the molecule is Cc1cc(I)cc(/C=N\NC(=O)c2ccccc2)c1O. The van der Waals surface area contributed by atoms with Crippen molar-refractivity contribution in [3.05, 3.63) is 62.7 Å². The number of nitrogens with one attached hydrogen (secondary N) is 1. The van der Waals surface area contributed by atoms with Gasteiger partial charge in [-0.15, -0.1) is 0 Å². The summed E-state index contributed by atoms with van der Waals surface area (Å²) in [5.41, 5.74) is 4.31. The van der Waals surface area contributed by atoms with Crippen molar-refractivity contribution in [3.63, 3.8) is 0 Å². The molecule has 0 aliphatic carbocycles. The van der Waals surface area contributed by atoms with Crippen LogP contribution in [0.15, 0.2) is 47.6 Å². The Labute approximate surface area is 130 Å². The summed E-state index contributed by atoms with van der Waals surface area (Å²) in [5, 5.41) is 13.8. The molecule has 2 rings (SSSR count). The Kier molecular flexibility index (Phi) is 4.73. The third-order valence-corrected chi connectivity index (χ3v) is 3.32. The number of carbonyl (C=O) groups is 1. The molecule has 0 fully saturated rings. The van der Waals surface area contributed by atoms with Crippen LogP contribution >= 0.6 is 22.6 Å². The topological polar surface area (TPSA) is 61.7 Å². The standard InChI is InChI=1S/C15H13IN2O2/c1-10-7-13(16)8-12(14(10)19)9-17-18-15(20)11-5-3-2-4-6-11/h2-9,19H,1H3,(H,18,20)/b17-9-. The number of hydrogen-bond donors (Lipinski definition) is 2. The molecule has 0 saturated carbocycles. The minimum atomic E-state index is -0.288. The number of amides is 1. The molecule has 0 aromatic heterocycles. The molecule has 102 valence electrons. The predicted octanol–water partition coefficient (Wildman–Crippen LogP) is 3.07. The van der Waals surface area contributed by atoms with Gasteiger partial charge in [-0.2, -0.15) is 5.10 Å². The fourth-order valence-corrected chi connectivity index (χ4v) is 2.48. The number of rotatable bonds is 3. The zero-order valence-corrected chi connectivity index (χ0v) is 13.0. The first kappa shape index (κ1) is 14.5. The van der Waals surface area contributed by atoms with E-state index in [4.69, 9.17) is 0 Å². The van der Waals surface area contributed by atoms with E-state index in [9.17, 15) is 9.90 Å². The molecular formula is C15H13IN2O2. The molecular weight excluding hydrogens is 367 g/mol. The van der Waals surface area contributed by atoms with Crippen LogP contribution in [-0.2, 0) is 0 Å². The first-order chi connectivity index (χ1) is 9.58. The van der Waals surface area contributed by atoms with Crippen molar-refractivity contribution in [2.45, 2.75) is 6.92 Å². The molecule has 0 aliphatic heterocycles. The molecule has 0 spiro atoms. The summed E-state index contributed by atoms with van der Waals surface area (Å²) in [6.07, 6.45) is 1.44. The monoisotopic (exact) mass is 380 g/mol. The Morgan fingerprint density at radius 1 is 1.30 bits per heavy atom. The molecule has 0 saturated heterocycles. The summed E-state index contributed by atoms with van der Waals surface area (Å²) < 4.78 is 0.994. The lowest BCUT2D eigenvalue weighted by Gasteiger charge is -2.04. The average Bonchev–Trinajstić information content (AvgIpc) is 2.44. The Balaban J connectivity index is 2.10. The molecule has 5 heteroatoms. The molecule has 4 nitrogen and oxygen atoms in total. The highest BCUT2D eigenvalue weighted by Gasteiger charge is 2.05. The van der Waals surface area contributed by atoms with Crippen LogP contribution in [0.2, 0.25) is 0 Å². The van der Waals surface area contributed by atoms with Crippen molar-refractivity contribution in [3.8, 4) is 5.75 Å². The number of benzene rings is 2. The van der Waals surface area contributed by atoms with E-state index < -0.39 is 0 Å². The number of aromatic hydroxyl groups is 1. The number of carbonyl (C=O) groups excluding carboxylic acids is 1. The number of nitrogens with zero attached hydrogens (tertiary/aromatic N) is 1. The van der Waals surface area contributed by atoms with E-state index >= 15 is 0 Å². The van der Waals surface area contributed by atoms with Gasteiger partial charge in [-0.05, 0) is 59.3 Å². The first-order valence-electron chi connectivity index (χ1n) is 5.95. The Hall–Kier alpha value is -1.89. The van der Waals surface area contributed by atoms with E-state index in [1.54, 1.807) is 30.3 Å². The minimum absolute atomic E-state index is 0.170. The number of hydrogen-bond acceptors (Lipinski definition) is 3. The van der Waals surface area contributed by atoms with Gasteiger partial charge in [0, 0.05) is 14.7 Å². The molecule has 0 bridgehead atoms. The molecule has 0 aliphatic rings. The van der Waals surface area contributed by atoms with Gasteiger partial charge in [0.15, 0.2) is 0 Å². The third kappa shape index (κ3) is 3.57. The second kappa shape index (κ2) is 6.51. The van der Waals surface area contributed by atoms with Gasteiger partial charge >= 0.3 is 0 Å². The van der Waals surface area contributed by atoms with Crippen molar-refractivity contribution >= 4 is 34.7 Å². The van der Waals surface area contributed by atoms with Crippen LogP contribution < -0.4 is 5.43 Å². The summed E-state index contributed by atoms with van der Waals surface area (Å²) in [6.45, 7) is 1.82. The van der Waals surface area contributed by atoms with Crippen molar-refractivity contribution in [2.75, 3.05) is 0 Å². The molecule has 0 atom stereocenters. The second-order valence-electron chi connectivity index (χ2n) is 4.23. The number of hydrazone groups is 1. The molecule has 0 radical (unpaired) electrons. The fourth-order valence-electron chi connectivity index (χ4n) is 1.67. The van der Waals surface area contributed by atoms with Crippen molar-refractivity contribution in [1.82, 2.24) is 5.43 Å². The molecule has 2 aromatic carbocycles. The maximum Gasteiger partial charge on any atom is 0.271 e. The van der Waals surface area contributed by atoms with Gasteiger partial charge in [0.25, 0.3) is 5.91 Å². The van der Waals surface area contributed by atoms with E-state index in [-0.39, 0.29) is 11.7 Å². The largest absolute Gasteiger partial charge is 0.507 e. The summed E-state index contributed by atoms with van der Waals surface area (Å²) >= 11 is 2.16. The third-order valence-electron chi connectivity index (χ3n) is 2.70. The zero-order valence-electron chi connectivity index (χ0n) is 10.8. The number of halogens is 1. The Morgan fingerprint density at radius 2 is 2.00 bits per heavy atom. The first-order valence-corrected chi connectivity index (χ1v) is 7.03. The highest BCUT2D eigenvalue weighted by molar-refractivity contribution is 14.1. The van der Waals surface area contributed by atoms with Crippen LogP contribution in [-0.4, -0.2) is 17.2 Å². The molecule has 20 heavy (non-hydrogen) atoms. The molecule has 0 heterocycles. The number of phenols is 1. The summed E-state index contributed by atoms with van der Waals surface area (Å²) in [6, 6.07) is 12.5. The second-order valence-corrected chi connectivity index (χ2v) is 5.47. The lowest BCUT2D eigenvalue weighted by Crippen LogP contribution is -2.17. The number of aryl methyl sites for hydroxylation is 1. The van der Waals surface area contributed by atoms with Gasteiger partial charge in [0.05, 0.1) is 6.21 Å². The smallest absolute Gasteiger partial charge is 0.271 e. The van der Waals surface area contributed by atoms with Gasteiger partial charge in [0.2, 0.25) is 0 Å². The lowest BCUT2D eigenvalue weighted by atomic mass is 10.1. The maximum atomic E-state index is 11.8. The van der Waals surface area contributed by atoms with Gasteiger partial charge < -0.3 is 5.11 Å². The van der Waals surface area contributed by atoms with E-state index in [0.29, 0.717) is 11.1 Å². The van der Waals surface area contributed by atoms with Crippen molar-refractivity contribution < 1.29 is 9.90 Å². The van der Waals surface area contributed by atoms with Gasteiger partial charge in [-0.1, -0.05) is 18.2 Å². The van der Waals surface area contributed by atoms with E-state index in [2.05, 4.69) is 33.1 Å². The fraction of sp³-hybridized carbons (Fsp3) is 0.0667. The molecule has 1 amide bonds. The molecule has 2 aromatic rings. The highest BCUT2D eigenvalue weighted by atomic mass is 127. The summed E-state index contributed by atoms with van der Waals surface area (Å²) in [4.78, 5) is 11.8. The normalized spacial score (nSPS) is 10.7. The lowest BCUT2D eigenvalue weighted by molar-refractivity contribution is 0.0955. The average molecular weight is 380 g/mol. The van der Waals surface area contributed by atoms with Gasteiger partial charge in [0.1, 0.15) is 5.75 Å². The van der Waals surface area contributed by atoms with Crippen LogP contribution in [0.5, 0.6) is 5.75 Å². The quantitative estimate of drug-likeness (QED) is 0.489. The van der Waals surface area contributed by atoms with E-state index in [1.165, 1.54) is 6.21 Å². The zero-order chi connectivity index (χ0) is 14.5. The summed E-state index contributed by atoms with van der Waals surface area (Å²) in [5.74, 6) is -0.119. The van der Waals surface area contributed by atoms with Crippen LogP contribution in [0.1, 0.15) is 21.5 Å². The van der Waals surface area contributed by atoms with E-state index in [1.807, 2.05) is 19.1 Å². The highest BCUT2D eigenvalue weighted by Crippen LogP contribution is 2.23. The van der Waals surface area contributed by atoms with Gasteiger partial charge in [-0.3, -0.25) is 4.79 Å². The van der Waals surface area contributed by atoms with Crippen LogP contribution in [0, 0.1) is 10.5 Å². The minimum Gasteiger partial charge on any atom is -0.507 e. The van der Waals surface area contributed by atoms with Crippen LogP contribution in [0.4, 0.5) is 0 Å². The van der Waals surface area contributed by atoms with Crippen molar-refractivity contribution in [2.24, 2.45) is 5.10 Å². The van der Waals surface area contributed by atoms with E-state index in [0.717, 1.165) is 9.13 Å².